The first-order valence-electron chi connectivity index (χ1n) is 16.5. The first-order chi connectivity index (χ1) is 23.3. The minimum atomic E-state index is -1.81. The Morgan fingerprint density at radius 2 is 1.60 bits per heavy atom. The van der Waals surface area contributed by atoms with Gasteiger partial charge in [-0.3, -0.25) is 19.3 Å². The van der Waals surface area contributed by atoms with Crippen LogP contribution in [0.15, 0.2) is 60.7 Å². The molecule has 2 N–H and O–H groups in total. The van der Waals surface area contributed by atoms with E-state index in [2.05, 4.69) is 39.9 Å². The number of benzene rings is 3. The number of amides is 2. The van der Waals surface area contributed by atoms with E-state index in [1.54, 1.807) is 29.2 Å². The lowest BCUT2D eigenvalue weighted by molar-refractivity contribution is -0.153. The van der Waals surface area contributed by atoms with Gasteiger partial charge in [0.05, 0.1) is 28.8 Å². The van der Waals surface area contributed by atoms with Crippen molar-refractivity contribution >= 4 is 75.6 Å². The van der Waals surface area contributed by atoms with Crippen LogP contribution in [0.3, 0.4) is 0 Å². The molecule has 3 aromatic rings. The molecular weight excluding hydrogens is 720 g/mol. The highest BCUT2D eigenvalue weighted by Crippen LogP contribution is 2.61. The van der Waals surface area contributed by atoms with Gasteiger partial charge in [-0.1, -0.05) is 111 Å². The molecule has 3 aromatic carbocycles. The number of hydrogen-bond acceptors (Lipinski definition) is 5. The normalized spacial score (nSPS) is 26.2. The van der Waals surface area contributed by atoms with Gasteiger partial charge in [0.2, 0.25) is 5.91 Å². The highest BCUT2D eigenvalue weighted by Gasteiger charge is 2.74. The smallest absolute Gasteiger partial charge is 0.310 e. The van der Waals surface area contributed by atoms with Crippen molar-refractivity contribution in [3.63, 3.8) is 0 Å². The molecule has 3 aliphatic heterocycles. The number of fused-ring (bicyclic) bond motifs is 4. The molecule has 0 aliphatic carbocycles. The molecule has 266 valence electrons. The number of hydrogen-bond donors (Lipinski definition) is 2. The number of nitrogens with zero attached hydrogens (tertiary/aromatic N) is 2. The summed E-state index contributed by atoms with van der Waals surface area (Å²) in [6.45, 7) is 13.0. The Morgan fingerprint density at radius 3 is 2.20 bits per heavy atom. The monoisotopic (exact) mass is 759 g/mol. The van der Waals surface area contributed by atoms with E-state index >= 15 is 4.79 Å². The van der Waals surface area contributed by atoms with Gasteiger partial charge in [-0.05, 0) is 60.1 Å². The highest BCUT2D eigenvalue weighted by molar-refractivity contribution is 6.38. The molecule has 12 heteroatoms. The second-order valence-electron chi connectivity index (χ2n) is 15.7. The van der Waals surface area contributed by atoms with Crippen LogP contribution in [0, 0.1) is 22.7 Å². The zero-order valence-corrected chi connectivity index (χ0v) is 31.8. The summed E-state index contributed by atoms with van der Waals surface area (Å²) in [6.07, 6.45) is 0.283. The van der Waals surface area contributed by atoms with Crippen LogP contribution in [0.2, 0.25) is 20.1 Å². The number of ether oxygens (including phenoxy) is 1. The van der Waals surface area contributed by atoms with Crippen LogP contribution in [0.4, 0.5) is 11.4 Å². The van der Waals surface area contributed by atoms with Crippen molar-refractivity contribution in [3.05, 3.63) is 91.9 Å². The summed E-state index contributed by atoms with van der Waals surface area (Å²) in [5.74, 6) is -5.03. The van der Waals surface area contributed by atoms with Gasteiger partial charge in [0, 0.05) is 45.5 Å². The lowest BCUT2D eigenvalue weighted by Gasteiger charge is -2.43. The second kappa shape index (κ2) is 13.0. The molecule has 50 heavy (non-hydrogen) atoms. The molecule has 2 amide bonds. The SMILES string of the molecule is CC(C)(C)C(C)(C)CN(C(=O)[C@@H]1[C@H]2C[C@](C)(OCc3ccccc3)CN2[C@]2(C(=O)Nc3c(Cl)cc(Cl)cc32)[C@@H]1C(=O)O)c1cc(Cl)cc(Cl)c1. The maximum atomic E-state index is 15.4. The maximum Gasteiger partial charge on any atom is 0.310 e. The molecule has 3 heterocycles. The number of carboxylic acid groups (broad SMARTS) is 1. The van der Waals surface area contributed by atoms with E-state index in [4.69, 9.17) is 51.1 Å². The zero-order chi connectivity index (χ0) is 36.6. The van der Waals surface area contributed by atoms with Crippen molar-refractivity contribution in [2.45, 2.75) is 71.8 Å². The summed E-state index contributed by atoms with van der Waals surface area (Å²) < 4.78 is 6.58. The molecule has 0 radical (unpaired) electrons. The molecule has 0 unspecified atom stereocenters. The highest BCUT2D eigenvalue weighted by atomic mass is 35.5. The van der Waals surface area contributed by atoms with Gasteiger partial charge in [-0.15, -0.1) is 0 Å². The molecule has 5 atom stereocenters. The van der Waals surface area contributed by atoms with Crippen LogP contribution < -0.4 is 10.2 Å². The van der Waals surface area contributed by atoms with Gasteiger partial charge in [0.25, 0.3) is 5.91 Å². The summed E-state index contributed by atoms with van der Waals surface area (Å²) in [5, 5.41) is 15.1. The molecule has 2 saturated heterocycles. The number of carbonyl (C=O) groups excluding carboxylic acids is 2. The number of carbonyl (C=O) groups is 3. The Bertz CT molecular complexity index is 1840. The van der Waals surface area contributed by atoms with Gasteiger partial charge in [-0.25, -0.2) is 0 Å². The third kappa shape index (κ3) is 6.20. The van der Waals surface area contributed by atoms with Gasteiger partial charge in [0.1, 0.15) is 11.5 Å². The molecule has 1 spiro atoms. The van der Waals surface area contributed by atoms with E-state index in [0.717, 1.165) is 5.56 Å². The Balaban J connectivity index is 1.54. The number of rotatable bonds is 8. The number of halogens is 4. The second-order valence-corrected chi connectivity index (χ2v) is 17.4. The maximum absolute atomic E-state index is 15.4. The summed E-state index contributed by atoms with van der Waals surface area (Å²) >= 11 is 26.2. The summed E-state index contributed by atoms with van der Waals surface area (Å²) in [4.78, 5) is 47.1. The number of anilines is 2. The molecule has 3 aliphatic rings. The first kappa shape index (κ1) is 36.9. The van der Waals surface area contributed by atoms with Gasteiger partial charge < -0.3 is 20.1 Å². The molecule has 0 aromatic heterocycles. The minimum absolute atomic E-state index is 0.172. The van der Waals surface area contributed by atoms with Crippen LogP contribution in [-0.4, -0.2) is 52.5 Å². The molecule has 0 bridgehead atoms. The van der Waals surface area contributed by atoms with Crippen molar-refractivity contribution in [1.29, 1.82) is 0 Å². The van der Waals surface area contributed by atoms with Crippen LogP contribution in [-0.2, 0) is 31.3 Å². The molecule has 8 nitrogen and oxygen atoms in total. The van der Waals surface area contributed by atoms with Crippen molar-refractivity contribution in [3.8, 4) is 0 Å². The van der Waals surface area contributed by atoms with E-state index in [-0.39, 0.29) is 40.7 Å². The van der Waals surface area contributed by atoms with Crippen molar-refractivity contribution in [2.24, 2.45) is 22.7 Å². The Kier molecular flexibility index (Phi) is 9.58. The number of nitrogens with one attached hydrogen (secondary N) is 1. The summed E-state index contributed by atoms with van der Waals surface area (Å²) in [7, 11) is 0. The number of carboxylic acids is 1. The zero-order valence-electron chi connectivity index (χ0n) is 28.8. The van der Waals surface area contributed by atoms with Crippen molar-refractivity contribution < 1.29 is 24.2 Å². The Labute approximate surface area is 313 Å². The molecule has 2 fully saturated rings. The standard InChI is InChI=1S/C38H41Cl4N3O5/c1-35(2,3)36(4,5)19-44(25-13-22(39)12-23(40)14-25)32(46)29-28-17-37(6,50-18-21-10-8-7-9-11-21)20-45(28)38(30(29)33(47)48)26-15-24(41)16-27(42)31(26)43-34(38)49/h7-16,28-30H,17-20H2,1-6H3,(H,43,49)(H,47,48)/t28-,29-,30+,37+,38+/m1/s1. The summed E-state index contributed by atoms with van der Waals surface area (Å²) in [5.41, 5.74) is -1.39. The molecule has 0 saturated carbocycles. The van der Waals surface area contributed by atoms with Crippen LogP contribution in [0.25, 0.3) is 0 Å². The topological polar surface area (TPSA) is 99.2 Å². The Hall–Kier alpha value is -2.85. The third-order valence-corrected chi connectivity index (χ3v) is 12.2. The molecular formula is C38H41Cl4N3O5. The van der Waals surface area contributed by atoms with Crippen LogP contribution in [0.5, 0.6) is 0 Å². The van der Waals surface area contributed by atoms with Gasteiger partial charge >= 0.3 is 5.97 Å². The van der Waals surface area contributed by atoms with E-state index in [9.17, 15) is 14.7 Å². The van der Waals surface area contributed by atoms with E-state index in [1.165, 1.54) is 6.07 Å². The minimum Gasteiger partial charge on any atom is -0.481 e. The predicted octanol–water partition coefficient (Wildman–Crippen LogP) is 8.93. The van der Waals surface area contributed by atoms with Crippen LogP contribution >= 0.6 is 46.4 Å². The Morgan fingerprint density at radius 1 is 0.980 bits per heavy atom. The van der Waals surface area contributed by atoms with Gasteiger partial charge in [0.15, 0.2) is 0 Å². The average Bonchev–Trinajstić information content (AvgIpc) is 3.60. The van der Waals surface area contributed by atoms with Crippen LogP contribution in [0.1, 0.15) is 59.1 Å². The largest absolute Gasteiger partial charge is 0.481 e. The summed E-state index contributed by atoms with van der Waals surface area (Å²) in [6, 6.07) is 17.0. The third-order valence-electron chi connectivity index (χ3n) is 11.3. The van der Waals surface area contributed by atoms with E-state index in [1.807, 2.05) is 42.2 Å². The fourth-order valence-corrected chi connectivity index (χ4v) is 8.82. The predicted molar refractivity (Wildman–Crippen MR) is 198 cm³/mol. The first-order valence-corrected chi connectivity index (χ1v) is 18.1. The molecule has 6 rings (SSSR count). The van der Waals surface area contributed by atoms with Crippen molar-refractivity contribution in [1.82, 2.24) is 4.90 Å². The average molecular weight is 762 g/mol. The van der Waals surface area contributed by atoms with Gasteiger partial charge in [-0.2, -0.15) is 0 Å². The quantitative estimate of drug-likeness (QED) is 0.238. The fourth-order valence-electron chi connectivity index (χ4n) is 7.77. The van der Waals surface area contributed by atoms with E-state index in [0.29, 0.717) is 27.9 Å². The van der Waals surface area contributed by atoms with Crippen molar-refractivity contribution in [2.75, 3.05) is 23.3 Å². The number of aliphatic carboxylic acids is 1. The van der Waals surface area contributed by atoms with E-state index < -0.39 is 52.2 Å². The lowest BCUT2D eigenvalue weighted by Crippen LogP contribution is -2.55. The fraction of sp³-hybridized carbons (Fsp3) is 0.447. The lowest BCUT2D eigenvalue weighted by atomic mass is 9.68.